The lowest BCUT2D eigenvalue weighted by Crippen LogP contribution is -2.06. The second kappa shape index (κ2) is 4.23. The molecule has 3 rings (SSSR count). The van der Waals surface area contributed by atoms with Gasteiger partial charge in [0.15, 0.2) is 4.96 Å². The summed E-state index contributed by atoms with van der Waals surface area (Å²) in [7, 11) is 0. The largest absolute Gasteiger partial charge is 0.287 e. The standard InChI is InChI=1S/C13H9ClN2OS/c1-8-11(16-5-6-18-13(16)15-8)12(17)9-3-2-4-10(14)7-9/h2-7H,1H3. The first-order valence-corrected chi connectivity index (χ1v) is 6.65. The molecule has 90 valence electrons. The van der Waals surface area contributed by atoms with Crippen LogP contribution in [0.1, 0.15) is 21.7 Å². The van der Waals surface area contributed by atoms with Crippen molar-refractivity contribution in [3.63, 3.8) is 0 Å². The van der Waals surface area contributed by atoms with Crippen molar-refractivity contribution in [1.82, 2.24) is 9.38 Å². The summed E-state index contributed by atoms with van der Waals surface area (Å²) in [5.41, 5.74) is 1.93. The smallest absolute Gasteiger partial charge is 0.211 e. The Bertz CT molecular complexity index is 744. The molecule has 3 aromatic rings. The fourth-order valence-corrected chi connectivity index (χ4v) is 2.88. The van der Waals surface area contributed by atoms with E-state index in [-0.39, 0.29) is 5.78 Å². The molecule has 2 aromatic heterocycles. The zero-order chi connectivity index (χ0) is 12.7. The fourth-order valence-electron chi connectivity index (χ4n) is 1.93. The third-order valence-corrected chi connectivity index (χ3v) is 3.73. The SMILES string of the molecule is Cc1nc2sccn2c1C(=O)c1cccc(Cl)c1. The van der Waals surface area contributed by atoms with Gasteiger partial charge in [-0.15, -0.1) is 11.3 Å². The van der Waals surface area contributed by atoms with E-state index in [4.69, 9.17) is 11.6 Å². The molecule has 0 aliphatic rings. The van der Waals surface area contributed by atoms with Crippen molar-refractivity contribution in [2.24, 2.45) is 0 Å². The highest BCUT2D eigenvalue weighted by molar-refractivity contribution is 7.15. The number of nitrogens with zero attached hydrogens (tertiary/aromatic N) is 2. The first kappa shape index (κ1) is 11.4. The number of hydrogen-bond donors (Lipinski definition) is 0. The number of aryl methyl sites for hydroxylation is 1. The van der Waals surface area contributed by atoms with E-state index in [1.165, 1.54) is 11.3 Å². The van der Waals surface area contributed by atoms with Gasteiger partial charge in [-0.25, -0.2) is 4.98 Å². The number of rotatable bonds is 2. The number of halogens is 1. The minimum absolute atomic E-state index is 0.0547. The van der Waals surface area contributed by atoms with Crippen molar-refractivity contribution >= 4 is 33.7 Å². The van der Waals surface area contributed by atoms with Gasteiger partial charge in [0, 0.05) is 22.2 Å². The quantitative estimate of drug-likeness (QED) is 0.671. The number of benzene rings is 1. The van der Waals surface area contributed by atoms with Crippen molar-refractivity contribution in [1.29, 1.82) is 0 Å². The second-order valence-corrected chi connectivity index (χ2v) is 5.25. The Morgan fingerprint density at radius 2 is 2.28 bits per heavy atom. The van der Waals surface area contributed by atoms with Crippen molar-refractivity contribution in [3.05, 3.63) is 57.8 Å². The number of carbonyl (C=O) groups excluding carboxylic acids is 1. The molecule has 0 aliphatic heterocycles. The van der Waals surface area contributed by atoms with E-state index in [9.17, 15) is 4.79 Å². The van der Waals surface area contributed by atoms with Gasteiger partial charge < -0.3 is 0 Å². The van der Waals surface area contributed by atoms with Crippen LogP contribution in [0.5, 0.6) is 0 Å². The van der Waals surface area contributed by atoms with Gasteiger partial charge in [-0.3, -0.25) is 9.20 Å². The van der Waals surface area contributed by atoms with Crippen LogP contribution in [0.4, 0.5) is 0 Å². The fraction of sp³-hybridized carbons (Fsp3) is 0.0769. The van der Waals surface area contributed by atoms with Gasteiger partial charge in [0.1, 0.15) is 5.69 Å². The maximum Gasteiger partial charge on any atom is 0.211 e. The van der Waals surface area contributed by atoms with Crippen molar-refractivity contribution in [2.75, 3.05) is 0 Å². The first-order valence-electron chi connectivity index (χ1n) is 5.39. The van der Waals surface area contributed by atoms with Crippen LogP contribution in [0.25, 0.3) is 4.96 Å². The van der Waals surface area contributed by atoms with E-state index in [2.05, 4.69) is 4.98 Å². The Kier molecular flexibility index (Phi) is 2.69. The van der Waals surface area contributed by atoms with E-state index in [0.717, 1.165) is 10.7 Å². The minimum Gasteiger partial charge on any atom is -0.287 e. The van der Waals surface area contributed by atoms with Crippen LogP contribution < -0.4 is 0 Å². The van der Waals surface area contributed by atoms with Crippen LogP contribution in [0.3, 0.4) is 0 Å². The summed E-state index contributed by atoms with van der Waals surface area (Å²) in [5.74, 6) is -0.0547. The second-order valence-electron chi connectivity index (χ2n) is 3.94. The molecule has 1 aromatic carbocycles. The molecular formula is C13H9ClN2OS. The summed E-state index contributed by atoms with van der Waals surface area (Å²) in [6, 6.07) is 6.97. The Labute approximate surface area is 113 Å². The highest BCUT2D eigenvalue weighted by atomic mass is 35.5. The minimum atomic E-state index is -0.0547. The zero-order valence-electron chi connectivity index (χ0n) is 9.55. The normalized spacial score (nSPS) is 11.0. The molecule has 0 unspecified atom stereocenters. The maximum absolute atomic E-state index is 12.5. The summed E-state index contributed by atoms with van der Waals surface area (Å²) in [6.07, 6.45) is 1.86. The van der Waals surface area contributed by atoms with Crippen molar-refractivity contribution in [2.45, 2.75) is 6.92 Å². The molecular weight excluding hydrogens is 268 g/mol. The average molecular weight is 277 g/mol. The summed E-state index contributed by atoms with van der Waals surface area (Å²) >= 11 is 7.43. The monoisotopic (exact) mass is 276 g/mol. The molecule has 3 nitrogen and oxygen atoms in total. The Morgan fingerprint density at radius 1 is 1.44 bits per heavy atom. The predicted octanol–water partition coefficient (Wildman–Crippen LogP) is 3.59. The van der Waals surface area contributed by atoms with Gasteiger partial charge in [-0.05, 0) is 19.1 Å². The van der Waals surface area contributed by atoms with Crippen LogP contribution in [0.2, 0.25) is 5.02 Å². The predicted molar refractivity (Wildman–Crippen MR) is 72.7 cm³/mol. The molecule has 2 heterocycles. The maximum atomic E-state index is 12.5. The van der Waals surface area contributed by atoms with E-state index >= 15 is 0 Å². The molecule has 0 radical (unpaired) electrons. The first-order chi connectivity index (χ1) is 8.66. The summed E-state index contributed by atoms with van der Waals surface area (Å²) < 4.78 is 1.82. The van der Waals surface area contributed by atoms with E-state index in [0.29, 0.717) is 16.3 Å². The van der Waals surface area contributed by atoms with Crippen LogP contribution in [0, 0.1) is 6.92 Å². The molecule has 5 heteroatoms. The van der Waals surface area contributed by atoms with Crippen LogP contribution in [-0.4, -0.2) is 15.2 Å². The van der Waals surface area contributed by atoms with Crippen molar-refractivity contribution in [3.8, 4) is 0 Å². The summed E-state index contributed by atoms with van der Waals surface area (Å²) in [4.78, 5) is 17.7. The van der Waals surface area contributed by atoms with Crippen molar-refractivity contribution < 1.29 is 4.79 Å². The molecule has 0 bridgehead atoms. The van der Waals surface area contributed by atoms with E-state index in [1.807, 2.05) is 22.9 Å². The Morgan fingerprint density at radius 3 is 3.06 bits per heavy atom. The van der Waals surface area contributed by atoms with Gasteiger partial charge in [0.25, 0.3) is 0 Å². The number of carbonyl (C=O) groups is 1. The van der Waals surface area contributed by atoms with E-state index in [1.54, 1.807) is 24.3 Å². The van der Waals surface area contributed by atoms with Crippen LogP contribution in [0.15, 0.2) is 35.8 Å². The molecule has 18 heavy (non-hydrogen) atoms. The number of imidazole rings is 1. The van der Waals surface area contributed by atoms with Gasteiger partial charge in [-0.2, -0.15) is 0 Å². The van der Waals surface area contributed by atoms with E-state index < -0.39 is 0 Å². The van der Waals surface area contributed by atoms with Gasteiger partial charge in [0.2, 0.25) is 5.78 Å². The zero-order valence-corrected chi connectivity index (χ0v) is 11.1. The topological polar surface area (TPSA) is 34.4 Å². The molecule has 0 fully saturated rings. The lowest BCUT2D eigenvalue weighted by molar-refractivity contribution is 0.103. The average Bonchev–Trinajstić information content (AvgIpc) is 2.88. The third-order valence-electron chi connectivity index (χ3n) is 2.74. The lowest BCUT2D eigenvalue weighted by Gasteiger charge is -2.01. The molecule has 0 atom stereocenters. The number of fused-ring (bicyclic) bond motifs is 1. The summed E-state index contributed by atoms with van der Waals surface area (Å²) in [6.45, 7) is 1.84. The highest BCUT2D eigenvalue weighted by Gasteiger charge is 2.18. The molecule has 0 N–H and O–H groups in total. The molecule has 0 saturated heterocycles. The Hall–Kier alpha value is -1.65. The number of ketones is 1. The highest BCUT2D eigenvalue weighted by Crippen LogP contribution is 2.21. The van der Waals surface area contributed by atoms with Gasteiger partial charge in [-0.1, -0.05) is 23.7 Å². The van der Waals surface area contributed by atoms with Gasteiger partial charge in [0.05, 0.1) is 5.69 Å². The molecule has 0 saturated carbocycles. The van der Waals surface area contributed by atoms with Crippen LogP contribution >= 0.6 is 22.9 Å². The summed E-state index contributed by atoms with van der Waals surface area (Å²) in [5, 5.41) is 2.47. The number of hydrogen-bond acceptors (Lipinski definition) is 3. The molecule has 0 spiro atoms. The van der Waals surface area contributed by atoms with Crippen LogP contribution in [-0.2, 0) is 0 Å². The Balaban J connectivity index is 2.17. The molecule has 0 amide bonds. The number of thiazole rings is 1. The van der Waals surface area contributed by atoms with Gasteiger partial charge >= 0.3 is 0 Å². The molecule has 0 aliphatic carbocycles. The lowest BCUT2D eigenvalue weighted by atomic mass is 10.1. The number of aromatic nitrogens is 2. The third kappa shape index (κ3) is 1.74.